The number of rotatable bonds is 7. The molecule has 9 heteroatoms. The van der Waals surface area contributed by atoms with Gasteiger partial charge in [0.1, 0.15) is 23.6 Å². The van der Waals surface area contributed by atoms with Crippen molar-refractivity contribution in [3.05, 3.63) is 23.5 Å². The zero-order chi connectivity index (χ0) is 26.9. The predicted molar refractivity (Wildman–Crippen MR) is 138 cm³/mol. The molecule has 0 spiro atoms. The van der Waals surface area contributed by atoms with E-state index < -0.39 is 38.2 Å². The van der Waals surface area contributed by atoms with Crippen LogP contribution in [-0.4, -0.2) is 67.4 Å². The Balaban J connectivity index is 2.37. The van der Waals surface area contributed by atoms with Crippen LogP contribution in [0.3, 0.4) is 0 Å². The van der Waals surface area contributed by atoms with Crippen molar-refractivity contribution in [3.63, 3.8) is 0 Å². The number of nitrogens with zero attached hydrogens (tertiary/aromatic N) is 1. The molecule has 2 N–H and O–H groups in total. The van der Waals surface area contributed by atoms with Crippen LogP contribution in [-0.2, 0) is 23.5 Å². The average Bonchev–Trinajstić information content (AvgIpc) is 3.01. The van der Waals surface area contributed by atoms with Crippen LogP contribution in [0.4, 0.5) is 0 Å². The Morgan fingerprint density at radius 3 is 2.31 bits per heavy atom. The molecule has 8 nitrogen and oxygen atoms in total. The Morgan fingerprint density at radius 1 is 1.23 bits per heavy atom. The first-order valence-electron chi connectivity index (χ1n) is 12.6. The Hall–Kier alpha value is -1.97. The Morgan fingerprint density at radius 2 is 1.83 bits per heavy atom. The summed E-state index contributed by atoms with van der Waals surface area (Å²) in [6.45, 7) is 18.3. The lowest BCUT2D eigenvalue weighted by molar-refractivity contribution is -0.179. The molecule has 5 unspecified atom stereocenters. The van der Waals surface area contributed by atoms with Gasteiger partial charge in [-0.05, 0) is 49.9 Å². The highest BCUT2D eigenvalue weighted by atomic mass is 28.4. The fraction of sp³-hybridized carbons (Fsp3) is 0.731. The molecular formula is C26H44N2O6Si. The van der Waals surface area contributed by atoms with Gasteiger partial charge in [0.15, 0.2) is 14.1 Å². The highest BCUT2D eigenvalue weighted by molar-refractivity contribution is 6.74. The molecule has 2 rings (SSSR count). The van der Waals surface area contributed by atoms with Gasteiger partial charge < -0.3 is 24.5 Å². The maximum atomic E-state index is 13.5. The first kappa shape index (κ1) is 29.3. The number of likely N-dealkylation sites (tertiary alicyclic amines) is 1. The largest absolute Gasteiger partial charge is 0.507 e. The molecule has 0 bridgehead atoms. The van der Waals surface area contributed by atoms with E-state index in [1.165, 1.54) is 18.0 Å². The molecule has 0 radical (unpaired) electrons. The van der Waals surface area contributed by atoms with Crippen LogP contribution in [0.5, 0.6) is 0 Å². The maximum absolute atomic E-state index is 13.5. The van der Waals surface area contributed by atoms with E-state index in [1.54, 1.807) is 13.0 Å². The van der Waals surface area contributed by atoms with E-state index in [4.69, 9.17) is 9.16 Å². The highest BCUT2D eigenvalue weighted by Gasteiger charge is 2.53. The van der Waals surface area contributed by atoms with Crippen molar-refractivity contribution >= 4 is 25.9 Å². The number of ketones is 1. The monoisotopic (exact) mass is 508 g/mol. The Bertz CT molecular complexity index is 889. The second-order valence-corrected chi connectivity index (χ2v) is 16.3. The van der Waals surface area contributed by atoms with E-state index in [0.717, 1.165) is 0 Å². The molecule has 2 aliphatic heterocycles. The van der Waals surface area contributed by atoms with Gasteiger partial charge in [-0.1, -0.05) is 47.6 Å². The molecule has 5 atom stereocenters. The first-order valence-corrected chi connectivity index (χ1v) is 15.5. The summed E-state index contributed by atoms with van der Waals surface area (Å²) in [6, 6.07) is -1.05. The van der Waals surface area contributed by atoms with Crippen LogP contribution in [0.25, 0.3) is 0 Å². The van der Waals surface area contributed by atoms with E-state index in [1.807, 2.05) is 20.8 Å². The van der Waals surface area contributed by atoms with Crippen molar-refractivity contribution in [1.29, 1.82) is 0 Å². The summed E-state index contributed by atoms with van der Waals surface area (Å²) in [4.78, 5) is 40.7. The number of aliphatic hydroxyl groups excluding tert-OH is 1. The lowest BCUT2D eigenvalue weighted by Gasteiger charge is -2.45. The van der Waals surface area contributed by atoms with Gasteiger partial charge in [0.05, 0.1) is 18.1 Å². The summed E-state index contributed by atoms with van der Waals surface area (Å²) in [5.74, 6) is -2.59. The fourth-order valence-electron chi connectivity index (χ4n) is 4.25. The molecule has 0 aromatic carbocycles. The summed E-state index contributed by atoms with van der Waals surface area (Å²) in [5.41, 5.74) is -0.293. The molecular weight excluding hydrogens is 464 g/mol. The third-order valence-corrected chi connectivity index (χ3v) is 12.0. The highest BCUT2D eigenvalue weighted by Crippen LogP contribution is 2.40. The minimum absolute atomic E-state index is 0.0513. The van der Waals surface area contributed by atoms with Gasteiger partial charge in [-0.25, -0.2) is 0 Å². The summed E-state index contributed by atoms with van der Waals surface area (Å²) in [6.07, 6.45) is 3.11. The molecule has 0 saturated carbocycles. The van der Waals surface area contributed by atoms with Gasteiger partial charge in [-0.15, -0.1) is 0 Å². The quantitative estimate of drug-likeness (QED) is 0.232. The van der Waals surface area contributed by atoms with E-state index >= 15 is 0 Å². The van der Waals surface area contributed by atoms with Crippen molar-refractivity contribution in [1.82, 2.24) is 10.2 Å². The standard InChI is InChI=1S/C26H44N2O6Si/c1-15(2)11-12-18(29)21-23(30)22(16(3)24(31)27-8)28(25(21)32)20-14-13-19(17(4)33-20)34-35(9,10)26(5,6)7/h11-12,15-17,19-20,22,29H,13-14H2,1-10H3,(H,27,31)/b12-11?,21-18-. The average molecular weight is 509 g/mol. The van der Waals surface area contributed by atoms with Gasteiger partial charge in [0.25, 0.3) is 5.91 Å². The second-order valence-electron chi connectivity index (χ2n) is 11.6. The van der Waals surface area contributed by atoms with Gasteiger partial charge in [0.2, 0.25) is 5.91 Å². The van der Waals surface area contributed by atoms with Crippen molar-refractivity contribution in [3.8, 4) is 0 Å². The summed E-state index contributed by atoms with van der Waals surface area (Å²) in [5, 5.41) is 13.2. The van der Waals surface area contributed by atoms with Crippen molar-refractivity contribution in [2.24, 2.45) is 11.8 Å². The number of hydrogen-bond acceptors (Lipinski definition) is 6. The molecule has 2 heterocycles. The molecule has 2 saturated heterocycles. The zero-order valence-corrected chi connectivity index (χ0v) is 24.0. The van der Waals surface area contributed by atoms with Crippen LogP contribution >= 0.6 is 0 Å². The van der Waals surface area contributed by atoms with Crippen molar-refractivity contribution in [2.75, 3.05) is 7.05 Å². The van der Waals surface area contributed by atoms with Crippen LogP contribution in [0, 0.1) is 11.8 Å². The van der Waals surface area contributed by atoms with E-state index in [2.05, 4.69) is 39.2 Å². The van der Waals surface area contributed by atoms with Crippen LogP contribution in [0.1, 0.15) is 61.3 Å². The number of amides is 2. The SMILES string of the molecule is CNC(=O)C(C)C1C(=O)/C(=C(/O)C=CC(C)C)C(=O)N1C1CCC(O[Si](C)(C)C(C)(C)C)C(C)O1. The van der Waals surface area contributed by atoms with Gasteiger partial charge in [-0.2, -0.15) is 0 Å². The third-order valence-electron chi connectivity index (χ3n) is 7.45. The van der Waals surface area contributed by atoms with Gasteiger partial charge in [-0.3, -0.25) is 14.4 Å². The number of carbonyl (C=O) groups excluding carboxylic acids is 3. The number of nitrogens with one attached hydrogen (secondary N) is 1. The minimum Gasteiger partial charge on any atom is -0.507 e. The van der Waals surface area contributed by atoms with Crippen LogP contribution in [0.15, 0.2) is 23.5 Å². The molecule has 2 aliphatic rings. The third kappa shape index (κ3) is 6.24. The molecule has 198 valence electrons. The lowest BCUT2D eigenvalue weighted by Crippen LogP contribution is -2.56. The predicted octanol–water partition coefficient (Wildman–Crippen LogP) is 4.09. The van der Waals surface area contributed by atoms with Crippen LogP contribution < -0.4 is 5.32 Å². The lowest BCUT2D eigenvalue weighted by atomic mass is 9.94. The van der Waals surface area contributed by atoms with Crippen molar-refractivity contribution in [2.45, 2.75) is 104 Å². The van der Waals surface area contributed by atoms with E-state index in [0.29, 0.717) is 12.8 Å². The molecule has 0 aliphatic carbocycles. The fourth-order valence-corrected chi connectivity index (χ4v) is 5.67. The topological polar surface area (TPSA) is 105 Å². The van der Waals surface area contributed by atoms with E-state index in [-0.39, 0.29) is 40.4 Å². The second kappa shape index (κ2) is 11.0. The summed E-state index contributed by atoms with van der Waals surface area (Å²) >= 11 is 0. The molecule has 2 fully saturated rings. The molecule has 2 amide bonds. The zero-order valence-electron chi connectivity index (χ0n) is 23.0. The minimum atomic E-state index is -2.02. The first-order chi connectivity index (χ1) is 16.0. The summed E-state index contributed by atoms with van der Waals surface area (Å²) < 4.78 is 12.9. The van der Waals surface area contributed by atoms with Gasteiger partial charge >= 0.3 is 0 Å². The number of aliphatic hydroxyl groups is 1. The number of Topliss-reactive ketones (excluding diaryl/α,β-unsaturated/α-hetero) is 1. The molecule has 35 heavy (non-hydrogen) atoms. The molecule has 0 aromatic heterocycles. The number of allylic oxidation sites excluding steroid dienone is 2. The van der Waals surface area contributed by atoms with Gasteiger partial charge in [0, 0.05) is 7.05 Å². The Labute approximate surface area is 211 Å². The normalized spacial score (nSPS) is 28.7. The Kier molecular flexibility index (Phi) is 9.17. The van der Waals surface area contributed by atoms with Crippen LogP contribution in [0.2, 0.25) is 18.1 Å². The summed E-state index contributed by atoms with van der Waals surface area (Å²) in [7, 11) is -0.531. The number of hydrogen-bond donors (Lipinski definition) is 2. The number of carbonyl (C=O) groups is 3. The van der Waals surface area contributed by atoms with E-state index in [9.17, 15) is 19.5 Å². The van der Waals surface area contributed by atoms with Crippen molar-refractivity contribution < 1.29 is 28.7 Å². The number of ether oxygens (including phenoxy) is 1. The smallest absolute Gasteiger partial charge is 0.264 e. The maximum Gasteiger partial charge on any atom is 0.264 e. The molecule has 0 aromatic rings.